The molecule has 4 nitrogen and oxygen atoms in total. The monoisotopic (exact) mass is 247 g/mol. The molecule has 0 radical (unpaired) electrons. The van der Waals surface area contributed by atoms with Gasteiger partial charge in [-0.3, -0.25) is 0 Å². The molecule has 0 spiro atoms. The van der Waals surface area contributed by atoms with Crippen molar-refractivity contribution in [2.24, 2.45) is 5.16 Å². The summed E-state index contributed by atoms with van der Waals surface area (Å²) in [5.41, 5.74) is -0.0937. The molecule has 2 aromatic rings. The number of benzene rings is 1. The van der Waals surface area contributed by atoms with Gasteiger partial charge in [-0.2, -0.15) is 0 Å². The molecule has 5 heteroatoms. The van der Waals surface area contributed by atoms with E-state index in [1.54, 1.807) is 41.8 Å². The standard InChI is InChI=1S/C12H9NO3S/c14-12(15)11(10-7-4-8-17-10)13-16-9-5-2-1-3-6-9/h1-8H,(H,14,15)/b13-11-. The number of nitrogens with zero attached hydrogens (tertiary/aromatic N) is 1. The van der Waals surface area contributed by atoms with Crippen molar-refractivity contribution in [1.82, 2.24) is 0 Å². The summed E-state index contributed by atoms with van der Waals surface area (Å²) in [6, 6.07) is 12.3. The summed E-state index contributed by atoms with van der Waals surface area (Å²) < 4.78 is 0. The van der Waals surface area contributed by atoms with E-state index in [4.69, 9.17) is 9.94 Å². The van der Waals surface area contributed by atoms with Crippen molar-refractivity contribution in [3.05, 3.63) is 52.7 Å². The average molecular weight is 247 g/mol. The summed E-state index contributed by atoms with van der Waals surface area (Å²) in [5.74, 6) is -0.605. The first-order valence-electron chi connectivity index (χ1n) is 4.84. The van der Waals surface area contributed by atoms with E-state index < -0.39 is 5.97 Å². The van der Waals surface area contributed by atoms with Crippen molar-refractivity contribution in [3.8, 4) is 5.75 Å². The number of hydrogen-bond donors (Lipinski definition) is 1. The second-order valence-corrected chi connectivity index (χ2v) is 4.07. The number of para-hydroxylation sites is 1. The maximum absolute atomic E-state index is 11.0. The van der Waals surface area contributed by atoms with E-state index in [9.17, 15) is 4.79 Å². The fourth-order valence-corrected chi connectivity index (χ4v) is 1.88. The molecule has 0 aliphatic carbocycles. The molecule has 0 aliphatic heterocycles. The van der Waals surface area contributed by atoms with E-state index in [1.807, 2.05) is 6.07 Å². The SMILES string of the molecule is O=C(O)/C(=N\Oc1ccccc1)c1cccs1. The Labute approximate surface area is 102 Å². The Morgan fingerprint density at radius 1 is 1.18 bits per heavy atom. The molecular weight excluding hydrogens is 238 g/mol. The lowest BCUT2D eigenvalue weighted by molar-refractivity contribution is -0.129. The summed E-state index contributed by atoms with van der Waals surface area (Å²) in [5, 5.41) is 14.5. The fraction of sp³-hybridized carbons (Fsp3) is 0. The smallest absolute Gasteiger partial charge is 0.359 e. The van der Waals surface area contributed by atoms with E-state index in [2.05, 4.69) is 5.16 Å². The van der Waals surface area contributed by atoms with Crippen LogP contribution in [0.15, 0.2) is 53.0 Å². The van der Waals surface area contributed by atoms with E-state index in [-0.39, 0.29) is 5.71 Å². The number of carbonyl (C=O) groups is 1. The Balaban J connectivity index is 2.21. The number of rotatable bonds is 4. The van der Waals surface area contributed by atoms with Gasteiger partial charge in [0.1, 0.15) is 0 Å². The third-order valence-electron chi connectivity index (χ3n) is 1.94. The first kappa shape index (κ1) is 11.3. The number of hydrogen-bond acceptors (Lipinski definition) is 4. The topological polar surface area (TPSA) is 58.9 Å². The van der Waals surface area contributed by atoms with Gasteiger partial charge in [0, 0.05) is 0 Å². The minimum Gasteiger partial charge on any atom is -0.476 e. The van der Waals surface area contributed by atoms with Crippen molar-refractivity contribution >= 4 is 23.0 Å². The van der Waals surface area contributed by atoms with Crippen LogP contribution in [0.2, 0.25) is 0 Å². The van der Waals surface area contributed by atoms with Crippen LogP contribution in [0, 0.1) is 0 Å². The van der Waals surface area contributed by atoms with Gasteiger partial charge >= 0.3 is 5.97 Å². The lowest BCUT2D eigenvalue weighted by atomic mass is 10.3. The minimum atomic E-state index is -1.11. The molecule has 0 atom stereocenters. The molecule has 17 heavy (non-hydrogen) atoms. The molecule has 1 aromatic carbocycles. The number of carboxylic acids is 1. The van der Waals surface area contributed by atoms with Gasteiger partial charge in [0.2, 0.25) is 5.71 Å². The molecule has 1 N–H and O–H groups in total. The van der Waals surface area contributed by atoms with Crippen LogP contribution >= 0.6 is 11.3 Å². The molecular formula is C12H9NO3S. The summed E-state index contributed by atoms with van der Waals surface area (Å²) >= 11 is 1.30. The van der Waals surface area contributed by atoms with Crippen molar-refractivity contribution in [3.63, 3.8) is 0 Å². The van der Waals surface area contributed by atoms with Crippen molar-refractivity contribution < 1.29 is 14.7 Å². The maximum atomic E-state index is 11.0. The molecule has 2 rings (SSSR count). The Bertz CT molecular complexity index is 520. The number of oxime groups is 1. The van der Waals surface area contributed by atoms with E-state index in [1.165, 1.54) is 11.3 Å². The van der Waals surface area contributed by atoms with Crippen LogP contribution in [-0.4, -0.2) is 16.8 Å². The minimum absolute atomic E-state index is 0.0937. The molecule has 0 saturated heterocycles. The zero-order valence-corrected chi connectivity index (χ0v) is 9.55. The summed E-state index contributed by atoms with van der Waals surface area (Å²) in [7, 11) is 0. The van der Waals surface area contributed by atoms with Gasteiger partial charge < -0.3 is 9.94 Å². The normalized spacial score (nSPS) is 11.2. The van der Waals surface area contributed by atoms with Crippen molar-refractivity contribution in [2.45, 2.75) is 0 Å². The van der Waals surface area contributed by atoms with Crippen LogP contribution in [0.4, 0.5) is 0 Å². The van der Waals surface area contributed by atoms with E-state index >= 15 is 0 Å². The predicted octanol–water partition coefficient (Wildman–Crippen LogP) is 2.62. The first-order valence-corrected chi connectivity index (χ1v) is 5.72. The van der Waals surface area contributed by atoms with E-state index in [0.717, 1.165) is 0 Å². The number of thiophene rings is 1. The van der Waals surface area contributed by atoms with Crippen molar-refractivity contribution in [2.75, 3.05) is 0 Å². The molecule has 0 aliphatic rings. The largest absolute Gasteiger partial charge is 0.476 e. The Morgan fingerprint density at radius 2 is 1.94 bits per heavy atom. The van der Waals surface area contributed by atoms with Gasteiger partial charge in [0.25, 0.3) is 0 Å². The highest BCUT2D eigenvalue weighted by molar-refractivity contribution is 7.13. The zero-order valence-electron chi connectivity index (χ0n) is 8.74. The van der Waals surface area contributed by atoms with Gasteiger partial charge in [-0.15, -0.1) is 11.3 Å². The lowest BCUT2D eigenvalue weighted by Gasteiger charge is -1.99. The highest BCUT2D eigenvalue weighted by atomic mass is 32.1. The van der Waals surface area contributed by atoms with Gasteiger partial charge in [0.05, 0.1) is 4.88 Å². The summed E-state index contributed by atoms with van der Waals surface area (Å²) in [4.78, 5) is 16.6. The van der Waals surface area contributed by atoms with Gasteiger partial charge in [-0.05, 0) is 23.6 Å². The van der Waals surface area contributed by atoms with Crippen LogP contribution < -0.4 is 4.84 Å². The number of carboxylic acid groups (broad SMARTS) is 1. The second-order valence-electron chi connectivity index (χ2n) is 3.13. The van der Waals surface area contributed by atoms with Gasteiger partial charge in [-0.25, -0.2) is 4.79 Å². The van der Waals surface area contributed by atoms with Crippen LogP contribution in [0.3, 0.4) is 0 Å². The first-order chi connectivity index (χ1) is 8.27. The van der Waals surface area contributed by atoms with Crippen LogP contribution in [0.25, 0.3) is 0 Å². The summed E-state index contributed by atoms with van der Waals surface area (Å²) in [6.45, 7) is 0. The third kappa shape index (κ3) is 2.92. The van der Waals surface area contributed by atoms with Gasteiger partial charge in [0.15, 0.2) is 5.75 Å². The Morgan fingerprint density at radius 3 is 2.53 bits per heavy atom. The van der Waals surface area contributed by atoms with Gasteiger partial charge in [-0.1, -0.05) is 29.4 Å². The molecule has 0 amide bonds. The molecule has 0 saturated carbocycles. The molecule has 1 aromatic heterocycles. The van der Waals surface area contributed by atoms with Crippen LogP contribution in [0.1, 0.15) is 4.88 Å². The molecule has 86 valence electrons. The van der Waals surface area contributed by atoms with Crippen LogP contribution in [-0.2, 0) is 4.79 Å². The maximum Gasteiger partial charge on any atom is 0.359 e. The molecule has 0 unspecified atom stereocenters. The molecule has 0 bridgehead atoms. The zero-order chi connectivity index (χ0) is 12.1. The highest BCUT2D eigenvalue weighted by Gasteiger charge is 2.14. The van der Waals surface area contributed by atoms with E-state index in [0.29, 0.717) is 10.6 Å². The van der Waals surface area contributed by atoms with Crippen LogP contribution in [0.5, 0.6) is 5.75 Å². The molecule has 0 fully saturated rings. The Kier molecular flexibility index (Phi) is 3.52. The second kappa shape index (κ2) is 5.27. The fourth-order valence-electron chi connectivity index (χ4n) is 1.18. The third-order valence-corrected chi connectivity index (χ3v) is 2.82. The molecule has 1 heterocycles. The highest BCUT2D eigenvalue weighted by Crippen LogP contribution is 2.13. The average Bonchev–Trinajstić information content (AvgIpc) is 2.84. The summed E-state index contributed by atoms with van der Waals surface area (Å²) in [6.07, 6.45) is 0. The Hall–Kier alpha value is -2.14. The van der Waals surface area contributed by atoms with Crippen molar-refractivity contribution in [1.29, 1.82) is 0 Å². The lowest BCUT2D eigenvalue weighted by Crippen LogP contribution is -2.14. The predicted molar refractivity (Wildman–Crippen MR) is 65.6 cm³/mol. The number of aliphatic carboxylic acids is 1. The quantitative estimate of drug-likeness (QED) is 0.667.